The van der Waals surface area contributed by atoms with Crippen molar-refractivity contribution >= 4 is 39.8 Å². The van der Waals surface area contributed by atoms with Crippen LogP contribution in [0, 0.1) is 5.92 Å². The van der Waals surface area contributed by atoms with Crippen LogP contribution in [0.1, 0.15) is 19.4 Å². The average molecular weight is 376 g/mol. The first-order valence-electron chi connectivity index (χ1n) is 6.91. The van der Waals surface area contributed by atoms with E-state index in [0.717, 1.165) is 29.2 Å². The van der Waals surface area contributed by atoms with Gasteiger partial charge in [0.25, 0.3) is 0 Å². The maximum absolute atomic E-state index is 13.0. The molecule has 2 rings (SSSR count). The molecule has 0 unspecified atom stereocenters. The predicted molar refractivity (Wildman–Crippen MR) is 88.9 cm³/mol. The van der Waals surface area contributed by atoms with Gasteiger partial charge in [-0.3, -0.25) is 4.79 Å². The summed E-state index contributed by atoms with van der Waals surface area (Å²) in [5.74, 6) is -0.654. The summed E-state index contributed by atoms with van der Waals surface area (Å²) in [6.07, 6.45) is -4.54. The molecule has 0 aliphatic carbocycles. The molecule has 24 heavy (non-hydrogen) atoms. The predicted octanol–water partition coefficient (Wildman–Crippen LogP) is 3.89. The van der Waals surface area contributed by atoms with Gasteiger partial charge in [-0.2, -0.15) is 13.2 Å². The van der Waals surface area contributed by atoms with Gasteiger partial charge in [0.15, 0.2) is 4.34 Å². The van der Waals surface area contributed by atoms with Gasteiger partial charge in [-0.25, -0.2) is 0 Å². The number of carbonyl (C=O) groups excluding carboxylic acids is 1. The molecular formula is C14H15F3N4OS2. The first-order chi connectivity index (χ1) is 11.2. The van der Waals surface area contributed by atoms with Gasteiger partial charge in [-0.1, -0.05) is 49.1 Å². The number of nitrogens with zero attached hydrogens (tertiary/aromatic N) is 2. The van der Waals surface area contributed by atoms with E-state index >= 15 is 0 Å². The van der Waals surface area contributed by atoms with Gasteiger partial charge in [0, 0.05) is 0 Å². The quantitative estimate of drug-likeness (QED) is 0.774. The molecular weight excluding hydrogens is 361 g/mol. The Balaban J connectivity index is 2.20. The molecule has 1 aromatic heterocycles. The number of nitrogens with one attached hydrogen (secondary N) is 1. The number of nitrogen functional groups attached to an aromatic ring is 1. The Kier molecular flexibility index (Phi) is 5.70. The molecule has 0 spiro atoms. The zero-order valence-electron chi connectivity index (χ0n) is 12.8. The Bertz CT molecular complexity index is 718. The van der Waals surface area contributed by atoms with Crippen molar-refractivity contribution in [3.63, 3.8) is 0 Å². The average Bonchev–Trinajstić information content (AvgIpc) is 2.89. The van der Waals surface area contributed by atoms with Crippen molar-refractivity contribution in [2.75, 3.05) is 11.1 Å². The number of halogens is 3. The number of aromatic nitrogens is 2. The van der Waals surface area contributed by atoms with Gasteiger partial charge < -0.3 is 11.1 Å². The Labute approximate surface area is 144 Å². The maximum Gasteiger partial charge on any atom is 0.418 e. The summed E-state index contributed by atoms with van der Waals surface area (Å²) >= 11 is 2.25. The maximum atomic E-state index is 13.0. The van der Waals surface area contributed by atoms with Crippen LogP contribution in [0.15, 0.2) is 28.6 Å². The third-order valence-corrected chi connectivity index (χ3v) is 5.39. The van der Waals surface area contributed by atoms with Crippen molar-refractivity contribution in [3.8, 4) is 0 Å². The fourth-order valence-electron chi connectivity index (χ4n) is 1.91. The van der Waals surface area contributed by atoms with Gasteiger partial charge in [0.05, 0.1) is 16.5 Å². The Morgan fingerprint density at radius 3 is 2.50 bits per heavy atom. The van der Waals surface area contributed by atoms with E-state index in [1.807, 2.05) is 0 Å². The van der Waals surface area contributed by atoms with Crippen LogP contribution >= 0.6 is 23.1 Å². The van der Waals surface area contributed by atoms with Crippen molar-refractivity contribution in [3.05, 3.63) is 29.8 Å². The van der Waals surface area contributed by atoms with Crippen molar-refractivity contribution < 1.29 is 18.0 Å². The number of carbonyl (C=O) groups is 1. The highest BCUT2D eigenvalue weighted by Crippen LogP contribution is 2.36. The topological polar surface area (TPSA) is 80.9 Å². The van der Waals surface area contributed by atoms with E-state index < -0.39 is 22.9 Å². The van der Waals surface area contributed by atoms with E-state index in [1.54, 1.807) is 13.8 Å². The molecule has 1 atom stereocenters. The second-order valence-corrected chi connectivity index (χ2v) is 7.62. The minimum absolute atomic E-state index is 0.127. The lowest BCUT2D eigenvalue weighted by molar-refractivity contribution is -0.137. The van der Waals surface area contributed by atoms with Crippen LogP contribution in [0.2, 0.25) is 0 Å². The van der Waals surface area contributed by atoms with Gasteiger partial charge in [-0.15, -0.1) is 10.2 Å². The van der Waals surface area contributed by atoms with Crippen LogP contribution in [-0.2, 0) is 11.0 Å². The largest absolute Gasteiger partial charge is 0.418 e. The van der Waals surface area contributed by atoms with Gasteiger partial charge in [0.1, 0.15) is 0 Å². The summed E-state index contributed by atoms with van der Waals surface area (Å²) in [6, 6.07) is 4.87. The molecule has 0 radical (unpaired) electrons. The standard InChI is InChI=1S/C14H15F3N4OS2/c1-7(2)10(23-13-21-20-12(18)24-13)11(22)19-9-6-4-3-5-8(9)14(15,16)17/h3-7,10H,1-2H3,(H2,18,20)(H,19,22)/t10-/m0/s1. The number of hydrogen-bond donors (Lipinski definition) is 2. The second-order valence-electron chi connectivity index (χ2n) is 5.22. The molecule has 5 nitrogen and oxygen atoms in total. The number of nitrogens with two attached hydrogens (primary N) is 1. The SMILES string of the molecule is CC(C)[C@H](Sc1nnc(N)s1)C(=O)Nc1ccccc1C(F)(F)F. The van der Waals surface area contributed by atoms with E-state index in [-0.39, 0.29) is 16.7 Å². The molecule has 0 fully saturated rings. The first kappa shape index (κ1) is 18.5. The molecule has 0 saturated carbocycles. The Morgan fingerprint density at radius 2 is 1.96 bits per heavy atom. The van der Waals surface area contributed by atoms with Gasteiger partial charge in [0.2, 0.25) is 11.0 Å². The summed E-state index contributed by atoms with van der Waals surface area (Å²) in [5, 5.41) is 9.51. The fraction of sp³-hybridized carbons (Fsp3) is 0.357. The second kappa shape index (κ2) is 7.39. The number of hydrogen-bond acceptors (Lipinski definition) is 6. The molecule has 130 valence electrons. The molecule has 10 heteroatoms. The van der Waals surface area contributed by atoms with Crippen molar-refractivity contribution in [1.29, 1.82) is 0 Å². The van der Waals surface area contributed by atoms with E-state index in [2.05, 4.69) is 15.5 Å². The fourth-order valence-corrected chi connectivity index (χ4v) is 3.76. The minimum Gasteiger partial charge on any atom is -0.374 e. The molecule has 1 heterocycles. The number of benzene rings is 1. The van der Waals surface area contributed by atoms with E-state index in [9.17, 15) is 18.0 Å². The highest BCUT2D eigenvalue weighted by atomic mass is 32.2. The molecule has 0 aliphatic rings. The third-order valence-electron chi connectivity index (χ3n) is 3.00. The molecule has 1 aromatic carbocycles. The van der Waals surface area contributed by atoms with E-state index in [1.165, 1.54) is 18.2 Å². The number of alkyl halides is 3. The third kappa shape index (κ3) is 4.60. The summed E-state index contributed by atoms with van der Waals surface area (Å²) in [7, 11) is 0. The zero-order chi connectivity index (χ0) is 17.9. The molecule has 3 N–H and O–H groups in total. The van der Waals surface area contributed by atoms with Crippen LogP contribution in [0.5, 0.6) is 0 Å². The van der Waals surface area contributed by atoms with Crippen LogP contribution in [0.4, 0.5) is 24.0 Å². The molecule has 1 amide bonds. The van der Waals surface area contributed by atoms with Crippen LogP contribution < -0.4 is 11.1 Å². The van der Waals surface area contributed by atoms with Crippen molar-refractivity contribution in [2.45, 2.75) is 29.6 Å². The summed E-state index contributed by atoms with van der Waals surface area (Å²) in [5.41, 5.74) is 4.35. The number of rotatable bonds is 5. The molecule has 0 bridgehead atoms. The van der Waals surface area contributed by atoms with Crippen LogP contribution in [0.25, 0.3) is 0 Å². The highest BCUT2D eigenvalue weighted by Gasteiger charge is 2.34. The smallest absolute Gasteiger partial charge is 0.374 e. The number of amides is 1. The van der Waals surface area contributed by atoms with Gasteiger partial charge in [-0.05, 0) is 18.1 Å². The number of anilines is 2. The molecule has 2 aromatic rings. The van der Waals surface area contributed by atoms with Crippen molar-refractivity contribution in [2.24, 2.45) is 5.92 Å². The highest BCUT2D eigenvalue weighted by molar-refractivity contribution is 8.02. The monoisotopic (exact) mass is 376 g/mol. The van der Waals surface area contributed by atoms with Crippen LogP contribution in [-0.4, -0.2) is 21.4 Å². The first-order valence-corrected chi connectivity index (χ1v) is 8.61. The Morgan fingerprint density at radius 1 is 1.29 bits per heavy atom. The van der Waals surface area contributed by atoms with Crippen LogP contribution in [0.3, 0.4) is 0 Å². The number of para-hydroxylation sites is 1. The lowest BCUT2D eigenvalue weighted by Gasteiger charge is -2.20. The summed E-state index contributed by atoms with van der Waals surface area (Å²) in [4.78, 5) is 12.5. The summed E-state index contributed by atoms with van der Waals surface area (Å²) in [6.45, 7) is 3.61. The lowest BCUT2D eigenvalue weighted by Crippen LogP contribution is -2.30. The Hall–Kier alpha value is -1.81. The zero-order valence-corrected chi connectivity index (χ0v) is 14.4. The normalized spacial score (nSPS) is 13.1. The number of thioether (sulfide) groups is 1. The van der Waals surface area contributed by atoms with Crippen molar-refractivity contribution in [1.82, 2.24) is 10.2 Å². The van der Waals surface area contributed by atoms with Gasteiger partial charge >= 0.3 is 6.18 Å². The van der Waals surface area contributed by atoms with E-state index in [4.69, 9.17) is 5.73 Å². The summed E-state index contributed by atoms with van der Waals surface area (Å²) < 4.78 is 39.6. The minimum atomic E-state index is -4.54. The molecule has 0 aliphatic heterocycles. The van der Waals surface area contributed by atoms with E-state index in [0.29, 0.717) is 4.34 Å². The lowest BCUT2D eigenvalue weighted by atomic mass is 10.1. The molecule has 0 saturated heterocycles.